The molecule has 1 amide bonds. The highest BCUT2D eigenvalue weighted by molar-refractivity contribution is 9.10. The number of alkyl halides is 2. The summed E-state index contributed by atoms with van der Waals surface area (Å²) in [6.07, 6.45) is 0. The molecule has 0 saturated carbocycles. The van der Waals surface area contributed by atoms with Gasteiger partial charge in [-0.1, -0.05) is 24.3 Å². The van der Waals surface area contributed by atoms with Crippen molar-refractivity contribution >= 4 is 27.8 Å². The molecule has 26 heavy (non-hydrogen) atoms. The van der Waals surface area contributed by atoms with E-state index in [0.29, 0.717) is 16.9 Å². The highest BCUT2D eigenvalue weighted by Gasteiger charge is 2.61. The third kappa shape index (κ3) is 3.19. The maximum Gasteiger partial charge on any atom is 0.337 e. The number of ether oxygens (including phenoxy) is 2. The molecule has 0 aromatic heterocycles. The van der Waals surface area contributed by atoms with Gasteiger partial charge in [0.2, 0.25) is 0 Å². The summed E-state index contributed by atoms with van der Waals surface area (Å²) >= 11 is 2.90. The number of methoxy groups -OCH3 is 2. The van der Waals surface area contributed by atoms with Crippen LogP contribution in [0.25, 0.3) is 0 Å². The molecule has 0 bridgehead atoms. The van der Waals surface area contributed by atoms with E-state index in [1.165, 1.54) is 12.0 Å². The Bertz CT molecular complexity index is 820. The lowest BCUT2D eigenvalue weighted by atomic mass is 9.90. The third-order valence-electron chi connectivity index (χ3n) is 4.36. The first-order valence-electron chi connectivity index (χ1n) is 7.88. The zero-order valence-electron chi connectivity index (χ0n) is 14.2. The number of carbonyl (C=O) groups is 2. The van der Waals surface area contributed by atoms with Gasteiger partial charge >= 0.3 is 5.97 Å². The normalized spacial score (nSPS) is 21.9. The van der Waals surface area contributed by atoms with Crippen molar-refractivity contribution in [1.82, 2.24) is 4.90 Å². The minimum Gasteiger partial charge on any atom is -0.497 e. The summed E-state index contributed by atoms with van der Waals surface area (Å²) < 4.78 is 22.4. The predicted molar refractivity (Wildman–Crippen MR) is 96.8 cm³/mol. The summed E-state index contributed by atoms with van der Waals surface area (Å²) in [5.74, 6) is -0.393. The number of amides is 1. The lowest BCUT2D eigenvalue weighted by Gasteiger charge is -2.48. The van der Waals surface area contributed by atoms with Gasteiger partial charge in [0.05, 0.1) is 19.8 Å². The van der Waals surface area contributed by atoms with Crippen LogP contribution < -0.4 is 4.74 Å². The average Bonchev–Trinajstić information content (AvgIpc) is 2.67. The molecule has 136 valence electrons. The van der Waals surface area contributed by atoms with Crippen LogP contribution >= 0.6 is 15.9 Å². The zero-order valence-corrected chi connectivity index (χ0v) is 15.8. The minimum absolute atomic E-state index is 0.267. The average molecular weight is 422 g/mol. The zero-order chi connectivity index (χ0) is 18.9. The number of β-lactam (4-membered cyclic amide) rings is 1. The molecule has 1 heterocycles. The Morgan fingerprint density at radius 3 is 2.31 bits per heavy atom. The molecule has 7 heteroatoms. The highest BCUT2D eigenvalue weighted by atomic mass is 79.9. The van der Waals surface area contributed by atoms with E-state index in [9.17, 15) is 14.0 Å². The van der Waals surface area contributed by atoms with Gasteiger partial charge in [-0.05, 0) is 51.3 Å². The van der Waals surface area contributed by atoms with Crippen molar-refractivity contribution in [2.75, 3.05) is 14.2 Å². The number of carbonyl (C=O) groups excluding carboxylic acids is 2. The summed E-state index contributed by atoms with van der Waals surface area (Å²) in [5, 5.41) is 0. The molecule has 1 aliphatic heterocycles. The third-order valence-corrected chi connectivity index (χ3v) is 5.13. The molecule has 0 unspecified atom stereocenters. The molecule has 3 rings (SSSR count). The van der Waals surface area contributed by atoms with Gasteiger partial charge in [-0.15, -0.1) is 0 Å². The molecule has 1 aliphatic rings. The van der Waals surface area contributed by atoms with E-state index in [1.807, 2.05) is 12.1 Å². The number of rotatable bonds is 5. The quantitative estimate of drug-likeness (QED) is 0.420. The SMILES string of the molecule is COC(=O)c1ccc([C@H]2N(Cc3ccc(OC)cc3)C(=O)[C@@]2(F)Br)cc1. The summed E-state index contributed by atoms with van der Waals surface area (Å²) in [7, 11) is 2.87. The lowest BCUT2D eigenvalue weighted by Crippen LogP contribution is -2.62. The number of esters is 1. The van der Waals surface area contributed by atoms with Gasteiger partial charge in [0.1, 0.15) is 11.8 Å². The molecule has 2 aromatic rings. The van der Waals surface area contributed by atoms with Crippen LogP contribution in [0.2, 0.25) is 0 Å². The Labute approximate surface area is 158 Å². The lowest BCUT2D eigenvalue weighted by molar-refractivity contribution is -0.164. The van der Waals surface area contributed by atoms with E-state index < -0.39 is 22.5 Å². The van der Waals surface area contributed by atoms with Crippen molar-refractivity contribution in [2.24, 2.45) is 0 Å². The van der Waals surface area contributed by atoms with Crippen LogP contribution in [0.1, 0.15) is 27.5 Å². The van der Waals surface area contributed by atoms with Crippen LogP contribution in [-0.4, -0.2) is 35.6 Å². The Morgan fingerprint density at radius 2 is 1.77 bits per heavy atom. The highest BCUT2D eigenvalue weighted by Crippen LogP contribution is 2.51. The molecule has 5 nitrogen and oxygen atoms in total. The van der Waals surface area contributed by atoms with Crippen molar-refractivity contribution in [3.63, 3.8) is 0 Å². The van der Waals surface area contributed by atoms with Gasteiger partial charge in [0, 0.05) is 6.54 Å². The van der Waals surface area contributed by atoms with E-state index >= 15 is 0 Å². The van der Waals surface area contributed by atoms with E-state index in [1.54, 1.807) is 43.5 Å². The molecule has 1 saturated heterocycles. The predicted octanol–water partition coefficient (Wildman–Crippen LogP) is 3.63. The van der Waals surface area contributed by atoms with Crippen LogP contribution in [-0.2, 0) is 16.1 Å². The maximum absolute atomic E-state index is 14.8. The summed E-state index contributed by atoms with van der Waals surface area (Å²) in [6.45, 7) is 0.267. The molecule has 1 fully saturated rings. The van der Waals surface area contributed by atoms with Gasteiger partial charge in [-0.2, -0.15) is 0 Å². The van der Waals surface area contributed by atoms with Gasteiger partial charge in [0.15, 0.2) is 0 Å². The van der Waals surface area contributed by atoms with Crippen LogP contribution in [0.3, 0.4) is 0 Å². The molecule has 0 aliphatic carbocycles. The van der Waals surface area contributed by atoms with Crippen LogP contribution in [0.5, 0.6) is 5.75 Å². The van der Waals surface area contributed by atoms with Crippen molar-refractivity contribution < 1.29 is 23.5 Å². The number of likely N-dealkylation sites (tertiary alicyclic amines) is 1. The summed E-state index contributed by atoms with van der Waals surface area (Å²) in [6, 6.07) is 12.8. The number of benzene rings is 2. The van der Waals surface area contributed by atoms with Crippen LogP contribution in [0.4, 0.5) is 4.39 Å². The molecule has 2 aromatic carbocycles. The first-order valence-corrected chi connectivity index (χ1v) is 8.68. The van der Waals surface area contributed by atoms with E-state index in [0.717, 1.165) is 5.56 Å². The van der Waals surface area contributed by atoms with Crippen molar-refractivity contribution in [3.8, 4) is 5.75 Å². The number of hydrogen-bond donors (Lipinski definition) is 0. The summed E-state index contributed by atoms with van der Waals surface area (Å²) in [5.41, 5.74) is 1.81. The first kappa shape index (κ1) is 18.4. The smallest absolute Gasteiger partial charge is 0.337 e. The molecule has 2 atom stereocenters. The monoisotopic (exact) mass is 421 g/mol. The maximum atomic E-state index is 14.8. The topological polar surface area (TPSA) is 55.8 Å². The van der Waals surface area contributed by atoms with Crippen molar-refractivity contribution in [3.05, 3.63) is 65.2 Å². The van der Waals surface area contributed by atoms with Crippen molar-refractivity contribution in [1.29, 1.82) is 0 Å². The van der Waals surface area contributed by atoms with Crippen molar-refractivity contribution in [2.45, 2.75) is 17.2 Å². The second-order valence-electron chi connectivity index (χ2n) is 5.92. The Hall–Kier alpha value is -2.41. The number of nitrogens with zero attached hydrogens (tertiary/aromatic N) is 1. The number of hydrogen-bond acceptors (Lipinski definition) is 4. The molecular formula is C19H17BrFNO4. The van der Waals surface area contributed by atoms with Crippen LogP contribution in [0.15, 0.2) is 48.5 Å². The number of halogens is 2. The molecule has 0 spiro atoms. The summed E-state index contributed by atoms with van der Waals surface area (Å²) in [4.78, 5) is 25.2. The van der Waals surface area contributed by atoms with Gasteiger partial charge in [0.25, 0.3) is 10.5 Å². The van der Waals surface area contributed by atoms with Gasteiger partial charge in [-0.25, -0.2) is 9.18 Å². The van der Waals surface area contributed by atoms with E-state index in [4.69, 9.17) is 4.74 Å². The van der Waals surface area contributed by atoms with Gasteiger partial charge < -0.3 is 14.4 Å². The van der Waals surface area contributed by atoms with E-state index in [2.05, 4.69) is 20.7 Å². The largest absolute Gasteiger partial charge is 0.497 e. The van der Waals surface area contributed by atoms with E-state index in [-0.39, 0.29) is 6.54 Å². The Kier molecular flexibility index (Phi) is 5.00. The second kappa shape index (κ2) is 7.07. The standard InChI is InChI=1S/C19H17BrFNO4/c1-25-15-9-3-12(4-10-15)11-22-16(19(20,21)18(22)24)13-5-7-14(8-6-13)17(23)26-2/h3-10,16H,11H2,1-2H3/t16-,19-/m1/s1. The fraction of sp³-hybridized carbons (Fsp3) is 0.263. The Morgan fingerprint density at radius 1 is 1.15 bits per heavy atom. The molecule has 0 radical (unpaired) electrons. The van der Waals surface area contributed by atoms with Gasteiger partial charge in [-0.3, -0.25) is 4.79 Å². The Balaban J connectivity index is 1.83. The molecular weight excluding hydrogens is 405 g/mol. The minimum atomic E-state index is -2.16. The fourth-order valence-corrected chi connectivity index (χ4v) is 3.69. The van der Waals surface area contributed by atoms with Crippen LogP contribution in [0, 0.1) is 0 Å². The first-order chi connectivity index (χ1) is 12.4. The fourth-order valence-electron chi connectivity index (χ4n) is 2.95. The molecule has 0 N–H and O–H groups in total. The second-order valence-corrected chi connectivity index (χ2v) is 7.07.